The van der Waals surface area contributed by atoms with Crippen LogP contribution in [0.2, 0.25) is 0 Å². The molecule has 1 saturated heterocycles. The highest BCUT2D eigenvalue weighted by molar-refractivity contribution is 4.98. The van der Waals surface area contributed by atoms with Crippen LogP contribution in [0.25, 0.3) is 0 Å². The molecule has 0 amide bonds. The number of rotatable bonds is 4. The molecular formula is C13H22O2. The van der Waals surface area contributed by atoms with Gasteiger partial charge in [-0.2, -0.15) is 0 Å². The van der Waals surface area contributed by atoms with Gasteiger partial charge in [-0.3, -0.25) is 0 Å². The summed E-state index contributed by atoms with van der Waals surface area (Å²) in [5.41, 5.74) is 0.304. The molecule has 2 nitrogen and oxygen atoms in total. The van der Waals surface area contributed by atoms with Gasteiger partial charge in [-0.15, -0.1) is 0 Å². The summed E-state index contributed by atoms with van der Waals surface area (Å²) in [6, 6.07) is 0. The molecule has 3 aliphatic rings. The Bertz CT molecular complexity index is 229. The lowest BCUT2D eigenvalue weighted by molar-refractivity contribution is -0.164. The zero-order chi connectivity index (χ0) is 10.3. The van der Waals surface area contributed by atoms with E-state index in [-0.39, 0.29) is 0 Å². The van der Waals surface area contributed by atoms with E-state index in [4.69, 9.17) is 9.47 Å². The summed E-state index contributed by atoms with van der Waals surface area (Å²) in [5.74, 6) is 1.67. The Hall–Kier alpha value is -0.0800. The van der Waals surface area contributed by atoms with Crippen molar-refractivity contribution in [3.63, 3.8) is 0 Å². The number of fused-ring (bicyclic) bond motifs is 2. The Labute approximate surface area is 92.3 Å². The number of hydrogen-bond donors (Lipinski definition) is 0. The molecule has 0 aromatic heterocycles. The molecule has 2 atom stereocenters. The van der Waals surface area contributed by atoms with Crippen LogP contribution in [0.3, 0.4) is 0 Å². The van der Waals surface area contributed by atoms with E-state index in [1.807, 2.05) is 0 Å². The lowest BCUT2D eigenvalue weighted by Crippen LogP contribution is -2.44. The Morgan fingerprint density at radius 1 is 1.33 bits per heavy atom. The molecule has 3 rings (SSSR count). The second-order valence-electron chi connectivity index (χ2n) is 5.68. The van der Waals surface area contributed by atoms with Gasteiger partial charge in [-0.05, 0) is 44.4 Å². The number of ether oxygens (including phenoxy) is 2. The zero-order valence-electron chi connectivity index (χ0n) is 9.71. The molecule has 86 valence electrons. The van der Waals surface area contributed by atoms with E-state index in [9.17, 15) is 0 Å². The average Bonchev–Trinajstić information content (AvgIpc) is 2.77. The molecule has 15 heavy (non-hydrogen) atoms. The van der Waals surface area contributed by atoms with Crippen molar-refractivity contribution < 1.29 is 9.47 Å². The van der Waals surface area contributed by atoms with Gasteiger partial charge < -0.3 is 9.47 Å². The minimum Gasteiger partial charge on any atom is -0.377 e. The van der Waals surface area contributed by atoms with Gasteiger partial charge in [0.15, 0.2) is 0 Å². The van der Waals surface area contributed by atoms with E-state index in [2.05, 4.69) is 6.92 Å². The Morgan fingerprint density at radius 2 is 2.13 bits per heavy atom. The predicted octanol–water partition coefficient (Wildman–Crippen LogP) is 2.76. The van der Waals surface area contributed by atoms with E-state index in [1.54, 1.807) is 0 Å². The fourth-order valence-corrected chi connectivity index (χ4v) is 3.60. The zero-order valence-corrected chi connectivity index (χ0v) is 9.71. The van der Waals surface area contributed by atoms with E-state index in [0.717, 1.165) is 25.6 Å². The largest absolute Gasteiger partial charge is 0.377 e. The summed E-state index contributed by atoms with van der Waals surface area (Å²) < 4.78 is 11.7. The first-order valence-electron chi connectivity index (χ1n) is 6.57. The highest BCUT2D eigenvalue weighted by Crippen LogP contribution is 2.50. The van der Waals surface area contributed by atoms with Gasteiger partial charge in [-0.25, -0.2) is 0 Å². The first-order chi connectivity index (χ1) is 7.31. The fraction of sp³-hybridized carbons (Fsp3) is 1.00. The maximum absolute atomic E-state index is 6.24. The molecule has 0 N–H and O–H groups in total. The van der Waals surface area contributed by atoms with Crippen LogP contribution in [0.4, 0.5) is 0 Å². The summed E-state index contributed by atoms with van der Waals surface area (Å²) in [6.07, 6.45) is 8.45. The van der Waals surface area contributed by atoms with Crippen LogP contribution in [0.15, 0.2) is 0 Å². The van der Waals surface area contributed by atoms with Crippen molar-refractivity contribution >= 4 is 0 Å². The van der Waals surface area contributed by atoms with Gasteiger partial charge in [0.25, 0.3) is 0 Å². The molecule has 2 aliphatic carbocycles. The Kier molecular flexibility index (Phi) is 2.52. The molecule has 2 bridgehead atoms. The third-order valence-corrected chi connectivity index (χ3v) is 4.73. The topological polar surface area (TPSA) is 18.5 Å². The predicted molar refractivity (Wildman–Crippen MR) is 58.8 cm³/mol. The lowest BCUT2D eigenvalue weighted by Gasteiger charge is -2.38. The van der Waals surface area contributed by atoms with Gasteiger partial charge >= 0.3 is 0 Å². The normalized spacial score (nSPS) is 48.2. The van der Waals surface area contributed by atoms with Crippen LogP contribution in [-0.4, -0.2) is 24.9 Å². The molecule has 2 unspecified atom stereocenters. The van der Waals surface area contributed by atoms with Crippen molar-refractivity contribution in [3.05, 3.63) is 0 Å². The molecule has 1 aliphatic heterocycles. The molecule has 2 heteroatoms. The highest BCUT2D eigenvalue weighted by Gasteiger charge is 2.46. The molecular weight excluding hydrogens is 188 g/mol. The van der Waals surface area contributed by atoms with Gasteiger partial charge in [-0.1, -0.05) is 6.92 Å². The van der Waals surface area contributed by atoms with E-state index >= 15 is 0 Å². The van der Waals surface area contributed by atoms with Crippen LogP contribution >= 0.6 is 0 Å². The molecule has 0 radical (unpaired) electrons. The lowest BCUT2D eigenvalue weighted by atomic mass is 9.94. The molecule has 2 saturated carbocycles. The SMILES string of the molecule is CCC1OCC1COC12CCC(CC1)C2. The van der Waals surface area contributed by atoms with Gasteiger partial charge in [0.2, 0.25) is 0 Å². The van der Waals surface area contributed by atoms with Gasteiger partial charge in [0.1, 0.15) is 0 Å². The highest BCUT2D eigenvalue weighted by atomic mass is 16.5. The number of hydrogen-bond acceptors (Lipinski definition) is 2. The van der Waals surface area contributed by atoms with Crippen LogP contribution in [-0.2, 0) is 9.47 Å². The van der Waals surface area contributed by atoms with E-state index in [0.29, 0.717) is 17.6 Å². The standard InChI is InChI=1S/C13H22O2/c1-2-12-11(8-14-12)9-15-13-5-3-10(7-13)4-6-13/h10-12H,2-9H2,1H3. The fourth-order valence-electron chi connectivity index (χ4n) is 3.60. The third-order valence-electron chi connectivity index (χ3n) is 4.73. The molecule has 3 fully saturated rings. The monoisotopic (exact) mass is 210 g/mol. The maximum Gasteiger partial charge on any atom is 0.0685 e. The molecule has 0 aromatic rings. The second-order valence-corrected chi connectivity index (χ2v) is 5.68. The van der Waals surface area contributed by atoms with Crippen LogP contribution < -0.4 is 0 Å². The smallest absolute Gasteiger partial charge is 0.0685 e. The maximum atomic E-state index is 6.24. The van der Waals surface area contributed by atoms with Crippen molar-refractivity contribution in [1.29, 1.82) is 0 Å². The van der Waals surface area contributed by atoms with Gasteiger partial charge in [0.05, 0.1) is 24.9 Å². The summed E-state index contributed by atoms with van der Waals surface area (Å²) in [4.78, 5) is 0. The first kappa shape index (κ1) is 10.1. The summed E-state index contributed by atoms with van der Waals surface area (Å²) in [5, 5.41) is 0. The minimum atomic E-state index is 0.304. The van der Waals surface area contributed by atoms with Crippen molar-refractivity contribution in [2.75, 3.05) is 13.2 Å². The van der Waals surface area contributed by atoms with Crippen molar-refractivity contribution in [3.8, 4) is 0 Å². The summed E-state index contributed by atoms with van der Waals surface area (Å²) in [7, 11) is 0. The average molecular weight is 210 g/mol. The Morgan fingerprint density at radius 3 is 2.60 bits per heavy atom. The van der Waals surface area contributed by atoms with Crippen molar-refractivity contribution in [2.45, 2.75) is 57.2 Å². The minimum absolute atomic E-state index is 0.304. The Balaban J connectivity index is 1.49. The third kappa shape index (κ3) is 1.72. The van der Waals surface area contributed by atoms with Crippen LogP contribution in [0.5, 0.6) is 0 Å². The molecule has 0 aromatic carbocycles. The summed E-state index contributed by atoms with van der Waals surface area (Å²) in [6.45, 7) is 4.08. The second kappa shape index (κ2) is 3.74. The van der Waals surface area contributed by atoms with Gasteiger partial charge in [0, 0.05) is 5.92 Å². The van der Waals surface area contributed by atoms with Crippen molar-refractivity contribution in [1.82, 2.24) is 0 Å². The van der Waals surface area contributed by atoms with Crippen LogP contribution in [0, 0.1) is 11.8 Å². The summed E-state index contributed by atoms with van der Waals surface area (Å²) >= 11 is 0. The van der Waals surface area contributed by atoms with Crippen molar-refractivity contribution in [2.24, 2.45) is 11.8 Å². The molecule has 0 spiro atoms. The molecule has 1 heterocycles. The van der Waals surface area contributed by atoms with Crippen LogP contribution in [0.1, 0.15) is 45.4 Å². The first-order valence-corrected chi connectivity index (χ1v) is 6.57. The quantitative estimate of drug-likeness (QED) is 0.710. The van der Waals surface area contributed by atoms with E-state index < -0.39 is 0 Å². The van der Waals surface area contributed by atoms with E-state index in [1.165, 1.54) is 32.1 Å².